The Morgan fingerprint density at radius 2 is 2.00 bits per heavy atom. The average molecular weight is 195 g/mol. The highest BCUT2D eigenvalue weighted by molar-refractivity contribution is 5.86. The van der Waals surface area contributed by atoms with Gasteiger partial charge in [0.05, 0.1) is 17.6 Å². The highest BCUT2D eigenvalue weighted by Gasteiger charge is 2.52. The van der Waals surface area contributed by atoms with Crippen molar-refractivity contribution < 1.29 is 9.90 Å². The van der Waals surface area contributed by atoms with Gasteiger partial charge in [-0.2, -0.15) is 0 Å². The molecule has 1 spiro atoms. The zero-order valence-corrected chi connectivity index (χ0v) is 8.87. The van der Waals surface area contributed by atoms with E-state index in [0.717, 1.165) is 0 Å². The van der Waals surface area contributed by atoms with Crippen LogP contribution in [0.15, 0.2) is 12.2 Å². The van der Waals surface area contributed by atoms with E-state index in [4.69, 9.17) is 0 Å². The van der Waals surface area contributed by atoms with Gasteiger partial charge >= 0.3 is 0 Å². The Kier molecular flexibility index (Phi) is 1.80. The van der Waals surface area contributed by atoms with Crippen LogP contribution in [0.1, 0.15) is 27.2 Å². The van der Waals surface area contributed by atoms with Crippen molar-refractivity contribution in [2.24, 2.45) is 11.8 Å². The molecule has 1 saturated heterocycles. The quantitative estimate of drug-likeness (QED) is 0.444. The van der Waals surface area contributed by atoms with E-state index in [9.17, 15) is 9.90 Å². The Balaban J connectivity index is 2.29. The van der Waals surface area contributed by atoms with Crippen molar-refractivity contribution in [2.75, 3.05) is 0 Å². The molecule has 1 aliphatic heterocycles. The Hall–Kier alpha value is -0.830. The fraction of sp³-hybridized carbons (Fsp3) is 0.727. The zero-order valence-electron chi connectivity index (χ0n) is 8.87. The van der Waals surface area contributed by atoms with Gasteiger partial charge in [-0.05, 0) is 18.8 Å². The average Bonchev–Trinajstić information content (AvgIpc) is 2.05. The van der Waals surface area contributed by atoms with Crippen molar-refractivity contribution in [1.82, 2.24) is 5.32 Å². The predicted molar refractivity (Wildman–Crippen MR) is 53.6 cm³/mol. The molecule has 2 rings (SSSR count). The first-order valence-corrected chi connectivity index (χ1v) is 5.11. The zero-order chi connectivity index (χ0) is 10.6. The van der Waals surface area contributed by atoms with Crippen LogP contribution in [-0.4, -0.2) is 22.2 Å². The molecule has 1 unspecified atom stereocenters. The van der Waals surface area contributed by atoms with Crippen molar-refractivity contribution in [3.63, 3.8) is 0 Å². The highest BCUT2D eigenvalue weighted by atomic mass is 16.3. The largest absolute Gasteiger partial charge is 0.386 e. The highest BCUT2D eigenvalue weighted by Crippen LogP contribution is 2.43. The maximum Gasteiger partial charge on any atom is 0.223 e. The van der Waals surface area contributed by atoms with Crippen LogP contribution in [0.25, 0.3) is 0 Å². The maximum absolute atomic E-state index is 11.0. The standard InChI is InChI=1S/C11H17NO2/c1-7-8(2)11(6-9(13)12-11)5-4-10(7,3)14/h4-5,7-8,14H,6H2,1-3H3,(H,12,13)/t7-,8+,10+,11?/m0/s1. The van der Waals surface area contributed by atoms with E-state index in [1.54, 1.807) is 0 Å². The van der Waals surface area contributed by atoms with E-state index in [2.05, 4.69) is 12.2 Å². The van der Waals surface area contributed by atoms with Crippen LogP contribution in [0.5, 0.6) is 0 Å². The first-order valence-electron chi connectivity index (χ1n) is 5.11. The van der Waals surface area contributed by atoms with Crippen molar-refractivity contribution in [1.29, 1.82) is 0 Å². The molecule has 3 heteroatoms. The minimum atomic E-state index is -0.745. The molecule has 1 heterocycles. The number of carbonyl (C=O) groups excluding carboxylic acids is 1. The van der Waals surface area contributed by atoms with Gasteiger partial charge in [0.15, 0.2) is 0 Å². The van der Waals surface area contributed by atoms with E-state index in [-0.39, 0.29) is 23.3 Å². The van der Waals surface area contributed by atoms with E-state index < -0.39 is 5.60 Å². The smallest absolute Gasteiger partial charge is 0.223 e. The Morgan fingerprint density at radius 3 is 2.50 bits per heavy atom. The van der Waals surface area contributed by atoms with Gasteiger partial charge in [-0.1, -0.05) is 26.0 Å². The second kappa shape index (κ2) is 2.60. The third-order valence-electron chi connectivity index (χ3n) is 4.03. The first kappa shape index (κ1) is 9.71. The van der Waals surface area contributed by atoms with Crippen molar-refractivity contribution in [3.05, 3.63) is 12.2 Å². The summed E-state index contributed by atoms with van der Waals surface area (Å²) in [6.45, 7) is 5.93. The number of hydrogen-bond donors (Lipinski definition) is 2. The topological polar surface area (TPSA) is 49.3 Å². The molecule has 0 bridgehead atoms. The third kappa shape index (κ3) is 1.12. The van der Waals surface area contributed by atoms with Gasteiger partial charge in [-0.15, -0.1) is 0 Å². The molecular formula is C11H17NO2. The fourth-order valence-corrected chi connectivity index (χ4v) is 2.46. The lowest BCUT2D eigenvalue weighted by molar-refractivity contribution is -0.135. The molecule has 0 aromatic rings. The van der Waals surface area contributed by atoms with Crippen LogP contribution in [0, 0.1) is 11.8 Å². The molecule has 0 radical (unpaired) electrons. The molecule has 1 amide bonds. The summed E-state index contributed by atoms with van der Waals surface area (Å²) in [7, 11) is 0. The van der Waals surface area contributed by atoms with Crippen molar-refractivity contribution >= 4 is 5.91 Å². The molecule has 2 aliphatic rings. The van der Waals surface area contributed by atoms with Crippen LogP contribution in [-0.2, 0) is 4.79 Å². The number of β-lactam (4-membered cyclic amide) rings is 1. The molecule has 14 heavy (non-hydrogen) atoms. The molecular weight excluding hydrogens is 178 g/mol. The number of aliphatic hydroxyl groups is 1. The number of amides is 1. The third-order valence-corrected chi connectivity index (χ3v) is 4.03. The minimum absolute atomic E-state index is 0.107. The molecule has 0 aromatic carbocycles. The number of nitrogens with one attached hydrogen (secondary N) is 1. The molecule has 2 N–H and O–H groups in total. The lowest BCUT2D eigenvalue weighted by Crippen LogP contribution is -2.67. The fourth-order valence-electron chi connectivity index (χ4n) is 2.46. The summed E-state index contributed by atoms with van der Waals surface area (Å²) in [5, 5.41) is 13.0. The predicted octanol–water partition coefficient (Wildman–Crippen LogP) is 0.838. The van der Waals surface area contributed by atoms with Crippen molar-refractivity contribution in [2.45, 2.75) is 38.3 Å². The van der Waals surface area contributed by atoms with Gasteiger partial charge in [0.2, 0.25) is 5.91 Å². The number of carbonyl (C=O) groups is 1. The molecule has 4 atom stereocenters. The van der Waals surface area contributed by atoms with E-state index >= 15 is 0 Å². The van der Waals surface area contributed by atoms with Gasteiger partial charge in [0.1, 0.15) is 0 Å². The van der Waals surface area contributed by atoms with Gasteiger partial charge < -0.3 is 10.4 Å². The molecule has 0 saturated carbocycles. The Morgan fingerprint density at radius 1 is 1.43 bits per heavy atom. The van der Waals surface area contributed by atoms with Crippen LogP contribution in [0.3, 0.4) is 0 Å². The summed E-state index contributed by atoms with van der Waals surface area (Å²) < 4.78 is 0. The van der Waals surface area contributed by atoms with Crippen LogP contribution >= 0.6 is 0 Å². The van der Waals surface area contributed by atoms with Gasteiger partial charge in [-0.25, -0.2) is 0 Å². The Bertz CT molecular complexity index is 298. The monoisotopic (exact) mass is 195 g/mol. The van der Waals surface area contributed by atoms with E-state index in [0.29, 0.717) is 6.42 Å². The summed E-state index contributed by atoms with van der Waals surface area (Å²) in [4.78, 5) is 11.0. The van der Waals surface area contributed by atoms with Crippen molar-refractivity contribution in [3.8, 4) is 0 Å². The van der Waals surface area contributed by atoms with Gasteiger partial charge in [-0.3, -0.25) is 4.79 Å². The molecule has 1 fully saturated rings. The second-order valence-electron chi connectivity index (χ2n) is 4.90. The minimum Gasteiger partial charge on any atom is -0.386 e. The van der Waals surface area contributed by atoms with Gasteiger partial charge in [0.25, 0.3) is 0 Å². The maximum atomic E-state index is 11.0. The molecule has 78 valence electrons. The SMILES string of the molecule is C[C@@H]1[C@H](C)[C@](C)(O)C=CC12CC(=O)N2. The first-order chi connectivity index (χ1) is 6.37. The normalized spacial score (nSPS) is 51.6. The van der Waals surface area contributed by atoms with E-state index in [1.807, 2.05) is 26.0 Å². The lowest BCUT2D eigenvalue weighted by atomic mass is 9.62. The summed E-state index contributed by atoms with van der Waals surface area (Å²) in [6, 6.07) is 0. The number of rotatable bonds is 0. The van der Waals surface area contributed by atoms with E-state index in [1.165, 1.54) is 0 Å². The molecule has 1 aliphatic carbocycles. The summed E-state index contributed by atoms with van der Waals surface area (Å²) in [5.41, 5.74) is -0.927. The molecule has 0 aromatic heterocycles. The summed E-state index contributed by atoms with van der Waals surface area (Å²) in [5.74, 6) is 0.545. The summed E-state index contributed by atoms with van der Waals surface area (Å²) >= 11 is 0. The molecule has 3 nitrogen and oxygen atoms in total. The van der Waals surface area contributed by atoms with Gasteiger partial charge in [0, 0.05) is 0 Å². The van der Waals surface area contributed by atoms with Crippen LogP contribution < -0.4 is 5.32 Å². The van der Waals surface area contributed by atoms with Crippen LogP contribution in [0.2, 0.25) is 0 Å². The summed E-state index contributed by atoms with van der Waals surface area (Å²) in [6.07, 6.45) is 4.33. The number of hydrogen-bond acceptors (Lipinski definition) is 2. The van der Waals surface area contributed by atoms with Crippen LogP contribution in [0.4, 0.5) is 0 Å². The second-order valence-corrected chi connectivity index (χ2v) is 4.90. The Labute approximate surface area is 84.2 Å². The lowest BCUT2D eigenvalue weighted by Gasteiger charge is -2.52.